The molecule has 0 saturated carbocycles. The van der Waals surface area contributed by atoms with Crippen LogP contribution >= 0.6 is 11.8 Å². The van der Waals surface area contributed by atoms with Gasteiger partial charge in [-0.15, -0.1) is 0 Å². The standard InChI is InChI=1S/C15H16N4OS/c1-3-19-10(2)14(11-6-4-5-7-12(11)19)13(20)8-21-15-16-9-17-18-15/h4-7,9H,3,8H2,1-2H3,(H,16,17,18). The van der Waals surface area contributed by atoms with Crippen LogP contribution in [-0.4, -0.2) is 31.3 Å². The third-order valence-electron chi connectivity index (χ3n) is 3.56. The number of aromatic nitrogens is 4. The van der Waals surface area contributed by atoms with Gasteiger partial charge in [0.25, 0.3) is 0 Å². The van der Waals surface area contributed by atoms with E-state index < -0.39 is 0 Å². The van der Waals surface area contributed by atoms with E-state index in [1.54, 1.807) is 0 Å². The second kappa shape index (κ2) is 5.73. The lowest BCUT2D eigenvalue weighted by Crippen LogP contribution is -2.06. The topological polar surface area (TPSA) is 63.6 Å². The van der Waals surface area contributed by atoms with E-state index in [0.717, 1.165) is 28.7 Å². The number of H-pyrrole nitrogens is 1. The number of hydrogen-bond donors (Lipinski definition) is 1. The molecule has 6 heteroatoms. The van der Waals surface area contributed by atoms with E-state index in [0.29, 0.717) is 10.9 Å². The zero-order chi connectivity index (χ0) is 14.8. The predicted molar refractivity (Wildman–Crippen MR) is 83.8 cm³/mol. The molecule has 1 aromatic carbocycles. The van der Waals surface area contributed by atoms with Crippen molar-refractivity contribution in [3.05, 3.63) is 41.9 Å². The van der Waals surface area contributed by atoms with E-state index >= 15 is 0 Å². The lowest BCUT2D eigenvalue weighted by atomic mass is 10.1. The molecule has 5 nitrogen and oxygen atoms in total. The van der Waals surface area contributed by atoms with Gasteiger partial charge in [-0.05, 0) is 19.9 Å². The van der Waals surface area contributed by atoms with Crippen LogP contribution < -0.4 is 0 Å². The van der Waals surface area contributed by atoms with Crippen LogP contribution in [0.3, 0.4) is 0 Å². The number of para-hydroxylation sites is 1. The van der Waals surface area contributed by atoms with Crippen LogP contribution in [0.5, 0.6) is 0 Å². The first-order chi connectivity index (χ1) is 10.2. The number of nitrogens with zero attached hydrogens (tertiary/aromatic N) is 3. The molecule has 0 aliphatic carbocycles. The summed E-state index contributed by atoms with van der Waals surface area (Å²) >= 11 is 1.38. The van der Waals surface area contributed by atoms with Crippen LogP contribution in [0.15, 0.2) is 35.7 Å². The van der Waals surface area contributed by atoms with Crippen molar-refractivity contribution in [2.24, 2.45) is 0 Å². The Balaban J connectivity index is 1.95. The summed E-state index contributed by atoms with van der Waals surface area (Å²) in [5, 5.41) is 8.24. The summed E-state index contributed by atoms with van der Waals surface area (Å²) in [4.78, 5) is 16.6. The smallest absolute Gasteiger partial charge is 0.183 e. The van der Waals surface area contributed by atoms with Crippen molar-refractivity contribution >= 4 is 28.4 Å². The Hall–Kier alpha value is -2.08. The maximum absolute atomic E-state index is 12.6. The predicted octanol–water partition coefficient (Wildman–Crippen LogP) is 3.06. The van der Waals surface area contributed by atoms with Gasteiger partial charge in [-0.2, -0.15) is 5.10 Å². The van der Waals surface area contributed by atoms with E-state index in [1.807, 2.05) is 25.1 Å². The Bertz CT molecular complexity index is 776. The normalized spacial score (nSPS) is 11.1. The highest BCUT2D eigenvalue weighted by atomic mass is 32.2. The van der Waals surface area contributed by atoms with Gasteiger partial charge in [-0.3, -0.25) is 9.89 Å². The summed E-state index contributed by atoms with van der Waals surface area (Å²) in [5.74, 6) is 0.477. The molecule has 0 atom stereocenters. The number of aryl methyl sites for hydroxylation is 1. The van der Waals surface area contributed by atoms with E-state index in [1.165, 1.54) is 18.1 Å². The summed E-state index contributed by atoms with van der Waals surface area (Å²) < 4.78 is 2.18. The Labute approximate surface area is 126 Å². The van der Waals surface area contributed by atoms with E-state index in [9.17, 15) is 4.79 Å². The van der Waals surface area contributed by atoms with Crippen molar-refractivity contribution in [1.29, 1.82) is 0 Å². The molecular weight excluding hydrogens is 284 g/mol. The second-order valence-corrected chi connectivity index (χ2v) is 5.69. The molecule has 2 aromatic heterocycles. The first-order valence-electron chi connectivity index (χ1n) is 6.81. The van der Waals surface area contributed by atoms with Crippen LogP contribution in [0.25, 0.3) is 10.9 Å². The van der Waals surface area contributed by atoms with Gasteiger partial charge in [0.2, 0.25) is 0 Å². The Morgan fingerprint density at radius 3 is 2.90 bits per heavy atom. The maximum Gasteiger partial charge on any atom is 0.183 e. The van der Waals surface area contributed by atoms with Gasteiger partial charge in [-0.25, -0.2) is 4.98 Å². The van der Waals surface area contributed by atoms with Gasteiger partial charge >= 0.3 is 0 Å². The van der Waals surface area contributed by atoms with E-state index in [4.69, 9.17) is 0 Å². The summed E-state index contributed by atoms with van der Waals surface area (Å²) in [6.45, 7) is 4.96. The highest BCUT2D eigenvalue weighted by Crippen LogP contribution is 2.27. The SMILES string of the molecule is CCn1c(C)c(C(=O)CSc2ncn[nH]2)c2ccccc21. The molecule has 0 unspecified atom stereocenters. The first kappa shape index (κ1) is 13.9. The molecule has 21 heavy (non-hydrogen) atoms. The maximum atomic E-state index is 12.6. The number of carbonyl (C=O) groups excluding carboxylic acids is 1. The number of hydrogen-bond acceptors (Lipinski definition) is 4. The Kier molecular flexibility index (Phi) is 3.79. The van der Waals surface area contributed by atoms with Gasteiger partial charge in [-0.1, -0.05) is 30.0 Å². The minimum absolute atomic E-state index is 0.123. The van der Waals surface area contributed by atoms with Gasteiger partial charge in [0.1, 0.15) is 6.33 Å². The number of thioether (sulfide) groups is 1. The van der Waals surface area contributed by atoms with Crippen molar-refractivity contribution in [1.82, 2.24) is 19.7 Å². The van der Waals surface area contributed by atoms with Crippen LogP contribution in [0, 0.1) is 6.92 Å². The number of aromatic amines is 1. The van der Waals surface area contributed by atoms with Crippen molar-refractivity contribution in [3.8, 4) is 0 Å². The highest BCUT2D eigenvalue weighted by molar-refractivity contribution is 7.99. The number of Topliss-reactive ketones (excluding diaryl/α,β-unsaturated/α-hetero) is 1. The van der Waals surface area contributed by atoms with Crippen LogP contribution in [0.4, 0.5) is 0 Å². The summed E-state index contributed by atoms with van der Waals surface area (Å²) in [7, 11) is 0. The second-order valence-electron chi connectivity index (χ2n) is 4.72. The number of benzene rings is 1. The third kappa shape index (κ3) is 2.47. The van der Waals surface area contributed by atoms with Gasteiger partial charge < -0.3 is 4.57 Å². The largest absolute Gasteiger partial charge is 0.344 e. The molecule has 108 valence electrons. The lowest BCUT2D eigenvalue weighted by Gasteiger charge is -2.04. The zero-order valence-electron chi connectivity index (χ0n) is 12.0. The molecular formula is C15H16N4OS. The van der Waals surface area contributed by atoms with Crippen LogP contribution in [0.2, 0.25) is 0 Å². The van der Waals surface area contributed by atoms with Crippen molar-refractivity contribution in [2.75, 3.05) is 5.75 Å². The monoisotopic (exact) mass is 300 g/mol. The lowest BCUT2D eigenvalue weighted by molar-refractivity contribution is 0.102. The highest BCUT2D eigenvalue weighted by Gasteiger charge is 2.19. The van der Waals surface area contributed by atoms with Crippen molar-refractivity contribution in [3.63, 3.8) is 0 Å². The number of rotatable bonds is 5. The zero-order valence-corrected chi connectivity index (χ0v) is 12.8. The molecule has 3 aromatic rings. The number of fused-ring (bicyclic) bond motifs is 1. The fourth-order valence-corrected chi connectivity index (χ4v) is 3.31. The molecule has 0 saturated heterocycles. The molecule has 0 aliphatic rings. The summed E-state index contributed by atoms with van der Waals surface area (Å²) in [5.41, 5.74) is 2.96. The number of nitrogens with one attached hydrogen (secondary N) is 1. The molecule has 0 fully saturated rings. The molecule has 0 spiro atoms. The molecule has 2 heterocycles. The summed E-state index contributed by atoms with van der Waals surface area (Å²) in [6.07, 6.45) is 1.45. The van der Waals surface area contributed by atoms with Crippen molar-refractivity contribution < 1.29 is 4.79 Å². The van der Waals surface area contributed by atoms with Gasteiger partial charge in [0.05, 0.1) is 5.75 Å². The number of ketones is 1. The molecule has 0 radical (unpaired) electrons. The fourth-order valence-electron chi connectivity index (χ4n) is 2.66. The third-order valence-corrected chi connectivity index (χ3v) is 4.44. The van der Waals surface area contributed by atoms with Crippen molar-refractivity contribution in [2.45, 2.75) is 25.5 Å². The van der Waals surface area contributed by atoms with Gasteiger partial charge in [0, 0.05) is 28.7 Å². The Morgan fingerprint density at radius 1 is 1.38 bits per heavy atom. The fraction of sp³-hybridized carbons (Fsp3) is 0.267. The molecule has 3 rings (SSSR count). The minimum atomic E-state index is 0.123. The molecule has 1 N–H and O–H groups in total. The average molecular weight is 300 g/mol. The van der Waals surface area contributed by atoms with Crippen LogP contribution in [0.1, 0.15) is 23.0 Å². The molecule has 0 amide bonds. The van der Waals surface area contributed by atoms with E-state index in [2.05, 4.69) is 32.7 Å². The molecule has 0 bridgehead atoms. The first-order valence-corrected chi connectivity index (χ1v) is 7.80. The molecule has 0 aliphatic heterocycles. The number of carbonyl (C=O) groups is 1. The Morgan fingerprint density at radius 2 is 2.19 bits per heavy atom. The quantitative estimate of drug-likeness (QED) is 0.581. The summed E-state index contributed by atoms with van der Waals surface area (Å²) in [6, 6.07) is 8.06. The van der Waals surface area contributed by atoms with Gasteiger partial charge in [0.15, 0.2) is 10.9 Å². The minimum Gasteiger partial charge on any atom is -0.344 e. The average Bonchev–Trinajstić information content (AvgIpc) is 3.09. The van der Waals surface area contributed by atoms with Crippen LogP contribution in [-0.2, 0) is 6.54 Å². The van der Waals surface area contributed by atoms with E-state index in [-0.39, 0.29) is 5.78 Å².